The molecule has 1 atom stereocenters. The highest BCUT2D eigenvalue weighted by Crippen LogP contribution is 2.38. The van der Waals surface area contributed by atoms with Crippen LogP contribution in [0.2, 0.25) is 0 Å². The second-order valence-electron chi connectivity index (χ2n) is 12.0. The maximum Gasteiger partial charge on any atom is 0.298 e. The highest BCUT2D eigenvalue weighted by molar-refractivity contribution is 9.10. The Bertz CT molecular complexity index is 2470. The summed E-state index contributed by atoms with van der Waals surface area (Å²) in [6.45, 7) is 0.551. The predicted molar refractivity (Wildman–Crippen MR) is 193 cm³/mol. The number of aliphatic hydroxyl groups is 1. The molecule has 0 aliphatic carbocycles. The maximum absolute atomic E-state index is 13.6. The van der Waals surface area contributed by atoms with Crippen LogP contribution in [0.4, 0.5) is 0 Å². The lowest BCUT2D eigenvalue weighted by Crippen LogP contribution is -2.39. The van der Waals surface area contributed by atoms with E-state index in [0.29, 0.717) is 42.7 Å². The van der Waals surface area contributed by atoms with Gasteiger partial charge in [0.2, 0.25) is 10.0 Å². The van der Waals surface area contributed by atoms with Gasteiger partial charge in [-0.1, -0.05) is 46.3 Å². The summed E-state index contributed by atoms with van der Waals surface area (Å²) in [5.74, 6) is 0.660. The first-order valence-electron chi connectivity index (χ1n) is 15.8. The number of nitrogens with one attached hydrogen (secondary N) is 2. The molecule has 2 aliphatic rings. The second-order valence-corrected chi connectivity index (χ2v) is 16.0. The van der Waals surface area contributed by atoms with E-state index in [2.05, 4.69) is 30.6 Å². The van der Waals surface area contributed by atoms with E-state index in [1.807, 2.05) is 66.9 Å². The third-order valence-corrected chi connectivity index (χ3v) is 11.5. The van der Waals surface area contributed by atoms with Crippen LogP contribution in [-0.4, -0.2) is 62.3 Å². The quantitative estimate of drug-likeness (QED) is 0.139. The molecule has 4 heterocycles. The standard InChI is InChI=1S/C28H25N3O4S.C8H7BrO4S/c32-17-23(14-22-16-30-26-6-2-1-5-24(22)26)31-36(33,34)27-15-21(13-20-9-11-35-28(20)27)18-7-8-25-19(12-18)4-3-10-29-25;9-6-3-5-1-2-13-8(5)7(4-6)14(10,11)12/h1-8,10,12-13,15-16,23,30-32H,9,11,14,17H2;3-4H,1-2H2,(H,10,11,12)/t23-;/m1./s1. The Morgan fingerprint density at radius 3 is 2.36 bits per heavy atom. The molecule has 2 aliphatic heterocycles. The lowest BCUT2D eigenvalue weighted by atomic mass is 10.0. The van der Waals surface area contributed by atoms with Gasteiger partial charge in [-0.15, -0.1) is 0 Å². The number of hydrogen-bond donors (Lipinski definition) is 4. The molecule has 0 amide bonds. The number of pyridine rings is 1. The van der Waals surface area contributed by atoms with E-state index in [-0.39, 0.29) is 22.1 Å². The molecule has 0 radical (unpaired) electrons. The zero-order valence-corrected chi connectivity index (χ0v) is 29.7. The van der Waals surface area contributed by atoms with Crippen LogP contribution in [0.3, 0.4) is 0 Å². The van der Waals surface area contributed by atoms with E-state index in [9.17, 15) is 21.9 Å². The van der Waals surface area contributed by atoms with Crippen molar-refractivity contribution >= 4 is 57.9 Å². The molecule has 0 fully saturated rings. The van der Waals surface area contributed by atoms with Crippen LogP contribution < -0.4 is 14.2 Å². The lowest BCUT2D eigenvalue weighted by molar-refractivity contribution is 0.256. The summed E-state index contributed by atoms with van der Waals surface area (Å²) < 4.78 is 72.5. The summed E-state index contributed by atoms with van der Waals surface area (Å²) in [4.78, 5) is 7.50. The summed E-state index contributed by atoms with van der Waals surface area (Å²) >= 11 is 3.18. The number of sulfonamides is 1. The third-order valence-electron chi connectivity index (χ3n) is 8.65. The Kier molecular flexibility index (Phi) is 9.41. The maximum atomic E-state index is 13.6. The van der Waals surface area contributed by atoms with E-state index in [1.54, 1.807) is 18.3 Å². The lowest BCUT2D eigenvalue weighted by Gasteiger charge is -2.18. The zero-order valence-electron chi connectivity index (χ0n) is 26.5. The number of halogens is 1. The first kappa shape index (κ1) is 34.2. The van der Waals surface area contributed by atoms with E-state index >= 15 is 0 Å². The van der Waals surface area contributed by atoms with Gasteiger partial charge in [0.05, 0.1) is 25.3 Å². The van der Waals surface area contributed by atoms with Gasteiger partial charge >= 0.3 is 0 Å². The summed E-state index contributed by atoms with van der Waals surface area (Å²) in [6, 6.07) is 23.7. The van der Waals surface area contributed by atoms with Crippen LogP contribution in [0, 0.1) is 0 Å². The van der Waals surface area contributed by atoms with Crippen molar-refractivity contribution in [1.29, 1.82) is 0 Å². The van der Waals surface area contributed by atoms with Crippen molar-refractivity contribution in [2.75, 3.05) is 19.8 Å². The Hall–Kier alpha value is -4.31. The highest BCUT2D eigenvalue weighted by atomic mass is 79.9. The number of aromatic amines is 1. The van der Waals surface area contributed by atoms with Gasteiger partial charge in [0.1, 0.15) is 21.3 Å². The average molecular weight is 779 g/mol. The van der Waals surface area contributed by atoms with Crippen molar-refractivity contribution in [2.45, 2.75) is 35.1 Å². The molecular weight excluding hydrogens is 746 g/mol. The van der Waals surface area contributed by atoms with Gasteiger partial charge in [0, 0.05) is 57.6 Å². The van der Waals surface area contributed by atoms with Gasteiger partial charge < -0.3 is 19.6 Å². The fourth-order valence-corrected chi connectivity index (χ4v) is 9.11. The number of H-pyrrole nitrogens is 1. The minimum Gasteiger partial charge on any atom is -0.492 e. The monoisotopic (exact) mass is 777 g/mol. The van der Waals surface area contributed by atoms with Crippen LogP contribution in [-0.2, 0) is 39.4 Å². The molecule has 0 saturated heterocycles. The second kappa shape index (κ2) is 13.8. The summed E-state index contributed by atoms with van der Waals surface area (Å²) in [5, 5.41) is 12.0. The van der Waals surface area contributed by atoms with Crippen LogP contribution >= 0.6 is 15.9 Å². The molecular formula is C36H32BrN3O8S2. The largest absolute Gasteiger partial charge is 0.492 e. The van der Waals surface area contributed by atoms with Crippen LogP contribution in [0.15, 0.2) is 106 Å². The minimum absolute atomic E-state index is 0.0937. The Morgan fingerprint density at radius 2 is 1.60 bits per heavy atom. The van der Waals surface area contributed by atoms with Gasteiger partial charge in [0.15, 0.2) is 0 Å². The molecule has 0 bridgehead atoms. The van der Waals surface area contributed by atoms with Crippen LogP contribution in [0.25, 0.3) is 32.9 Å². The number of fused-ring (bicyclic) bond motifs is 4. The molecule has 6 aromatic rings. The minimum atomic E-state index is -4.21. The van der Waals surface area contributed by atoms with Gasteiger partial charge in [-0.05, 0) is 77.2 Å². The molecule has 0 saturated carbocycles. The molecule has 8 rings (SSSR count). The van der Waals surface area contributed by atoms with Gasteiger partial charge in [0.25, 0.3) is 10.1 Å². The van der Waals surface area contributed by atoms with E-state index in [0.717, 1.165) is 49.6 Å². The summed E-state index contributed by atoms with van der Waals surface area (Å²) in [6.07, 6.45) is 5.26. The van der Waals surface area contributed by atoms with E-state index in [4.69, 9.17) is 14.0 Å². The Balaban J connectivity index is 0.000000234. The van der Waals surface area contributed by atoms with Gasteiger partial charge in [-0.25, -0.2) is 13.1 Å². The fourth-order valence-electron chi connectivity index (χ4n) is 6.31. The van der Waals surface area contributed by atoms with Crippen molar-refractivity contribution < 1.29 is 36.0 Å². The number of aromatic nitrogens is 2. The molecule has 11 nitrogen and oxygen atoms in total. The summed E-state index contributed by atoms with van der Waals surface area (Å²) in [5.41, 5.74) is 6.14. The SMILES string of the molecule is O=S(=O)(N[C@@H](CO)Cc1c[nH]c2ccccc12)c1cc(-c2ccc3ncccc3c2)cc2c1OCC2.O=S(=O)(O)c1cc(Br)cc2c1OCC2. The molecule has 0 spiro atoms. The number of hydrogen-bond acceptors (Lipinski definition) is 8. The van der Waals surface area contributed by atoms with Gasteiger partial charge in [-0.2, -0.15) is 8.42 Å². The van der Waals surface area contributed by atoms with Crippen molar-refractivity contribution in [3.05, 3.63) is 112 Å². The smallest absolute Gasteiger partial charge is 0.298 e. The van der Waals surface area contributed by atoms with Gasteiger partial charge in [-0.3, -0.25) is 9.54 Å². The number of benzene rings is 4. The third kappa shape index (κ3) is 6.99. The number of ether oxygens (including phenoxy) is 2. The number of para-hydroxylation sites is 1. The van der Waals surface area contributed by atoms with Crippen molar-refractivity contribution in [1.82, 2.24) is 14.7 Å². The predicted octanol–water partition coefficient (Wildman–Crippen LogP) is 5.83. The van der Waals surface area contributed by atoms with E-state index < -0.39 is 26.2 Å². The molecule has 258 valence electrons. The normalized spacial score (nSPS) is 14.4. The number of nitrogens with zero attached hydrogens (tertiary/aromatic N) is 1. The molecule has 0 unspecified atom stereocenters. The summed E-state index contributed by atoms with van der Waals surface area (Å²) in [7, 11) is -8.19. The first-order valence-corrected chi connectivity index (χ1v) is 19.5. The number of rotatable bonds is 8. The molecule has 4 N–H and O–H groups in total. The zero-order chi connectivity index (χ0) is 35.0. The fraction of sp³-hybridized carbons (Fsp3) is 0.194. The molecule has 2 aromatic heterocycles. The van der Waals surface area contributed by atoms with Crippen molar-refractivity contribution in [3.63, 3.8) is 0 Å². The Morgan fingerprint density at radius 1 is 0.860 bits per heavy atom. The molecule has 14 heteroatoms. The van der Waals surface area contributed by atoms with Crippen molar-refractivity contribution in [2.24, 2.45) is 0 Å². The highest BCUT2D eigenvalue weighted by Gasteiger charge is 2.29. The van der Waals surface area contributed by atoms with E-state index in [1.165, 1.54) is 6.07 Å². The van der Waals surface area contributed by atoms with Crippen molar-refractivity contribution in [3.8, 4) is 22.6 Å². The first-order chi connectivity index (χ1) is 24.0. The topological polar surface area (TPSA) is 168 Å². The Labute approximate surface area is 297 Å². The molecule has 4 aromatic carbocycles. The average Bonchev–Trinajstić information content (AvgIpc) is 3.87. The molecule has 50 heavy (non-hydrogen) atoms. The number of aliphatic hydroxyl groups excluding tert-OH is 1. The van der Waals surface area contributed by atoms with Crippen LogP contribution in [0.1, 0.15) is 16.7 Å². The van der Waals surface area contributed by atoms with Crippen LogP contribution in [0.5, 0.6) is 11.5 Å².